The summed E-state index contributed by atoms with van der Waals surface area (Å²) >= 11 is 3.10. The molecule has 1 fully saturated rings. The molecule has 1 aromatic carbocycles. The molecule has 1 aliphatic carbocycles. The van der Waals surface area contributed by atoms with E-state index in [4.69, 9.17) is 9.40 Å². The van der Waals surface area contributed by atoms with E-state index in [2.05, 4.69) is 33.8 Å². The highest BCUT2D eigenvalue weighted by Gasteiger charge is 2.31. The largest absolute Gasteiger partial charge is 0.467 e. The Kier molecular flexibility index (Phi) is 6.31. The van der Waals surface area contributed by atoms with E-state index >= 15 is 0 Å². The first kappa shape index (κ1) is 22.9. The Morgan fingerprint density at radius 1 is 1.24 bits per heavy atom. The Morgan fingerprint density at radius 3 is 2.65 bits per heavy atom. The number of rotatable bonds is 8. The number of anilines is 2. The Hall–Kier alpha value is -2.91. The Morgan fingerprint density at radius 2 is 2.00 bits per heavy atom. The average Bonchev–Trinajstić information content (AvgIpc) is 3.15. The Balaban J connectivity index is 1.37. The lowest BCUT2D eigenvalue weighted by atomic mass is 10.0. The van der Waals surface area contributed by atoms with Gasteiger partial charge in [0.25, 0.3) is 0 Å². The molecule has 0 aliphatic heterocycles. The maximum Gasteiger partial charge on any atom is 0.230 e. The highest BCUT2D eigenvalue weighted by Crippen LogP contribution is 2.41. The summed E-state index contributed by atoms with van der Waals surface area (Å²) in [6, 6.07) is 8.08. The number of carbonyl (C=O) groups excluding carboxylic acids is 1. The van der Waals surface area contributed by atoms with Crippen LogP contribution in [-0.4, -0.2) is 25.7 Å². The van der Waals surface area contributed by atoms with Gasteiger partial charge < -0.3 is 4.42 Å². The van der Waals surface area contributed by atoms with Crippen molar-refractivity contribution < 1.29 is 9.21 Å². The molecule has 1 saturated carbocycles. The minimum Gasteiger partial charge on any atom is -0.467 e. The summed E-state index contributed by atoms with van der Waals surface area (Å²) in [7, 11) is 0. The number of furan rings is 1. The van der Waals surface area contributed by atoms with Crippen LogP contribution >= 0.6 is 23.1 Å². The molecule has 176 valence electrons. The quantitative estimate of drug-likeness (QED) is 0.274. The number of aromatic nitrogens is 4. The number of carbonyl (C=O) groups is 1. The van der Waals surface area contributed by atoms with E-state index in [0.717, 1.165) is 52.1 Å². The molecular weight excluding hydrogens is 466 g/mol. The van der Waals surface area contributed by atoms with Gasteiger partial charge in [0.15, 0.2) is 10.3 Å². The lowest BCUT2D eigenvalue weighted by Crippen LogP contribution is -2.24. The summed E-state index contributed by atoms with van der Waals surface area (Å²) in [6.45, 7) is 8.36. The number of aryl methyl sites for hydroxylation is 3. The number of hydrogen-bond donors (Lipinski definition) is 0. The van der Waals surface area contributed by atoms with Gasteiger partial charge in [0.1, 0.15) is 11.6 Å². The van der Waals surface area contributed by atoms with Gasteiger partial charge in [-0.05, 0) is 56.9 Å². The van der Waals surface area contributed by atoms with Gasteiger partial charge in [0, 0.05) is 24.0 Å². The van der Waals surface area contributed by atoms with Crippen molar-refractivity contribution in [1.82, 2.24) is 19.7 Å². The summed E-state index contributed by atoms with van der Waals surface area (Å²) in [5, 5.41) is 12.5. The third-order valence-corrected chi connectivity index (χ3v) is 7.71. The van der Waals surface area contributed by atoms with Crippen LogP contribution in [0.5, 0.6) is 0 Å². The minimum absolute atomic E-state index is 0.0455. The smallest absolute Gasteiger partial charge is 0.230 e. The number of thioether (sulfide) groups is 1. The van der Waals surface area contributed by atoms with Gasteiger partial charge in [0.05, 0.1) is 24.2 Å². The van der Waals surface area contributed by atoms with Gasteiger partial charge in [0.2, 0.25) is 5.91 Å². The fraction of sp³-hybridized carbons (Fsp3) is 0.360. The molecule has 34 heavy (non-hydrogen) atoms. The van der Waals surface area contributed by atoms with Crippen molar-refractivity contribution in [2.24, 2.45) is 0 Å². The predicted octanol–water partition coefficient (Wildman–Crippen LogP) is 6.16. The van der Waals surface area contributed by atoms with E-state index < -0.39 is 0 Å². The number of benzene rings is 1. The standard InChI is InChI=1S/C25H27N5O2S2/c1-15-10-16(2)22(17(3)11-15)30(18(4)31)24-26-20(13-33-24)14-34-25-28-27-23(19-7-8-19)29(25)12-21-6-5-9-32-21/h5-6,9-11,13,19H,7-8,12,14H2,1-4H3. The van der Waals surface area contributed by atoms with Crippen molar-refractivity contribution in [3.8, 4) is 0 Å². The second kappa shape index (κ2) is 9.38. The number of hydrogen-bond acceptors (Lipinski definition) is 7. The maximum absolute atomic E-state index is 12.6. The molecule has 3 aromatic heterocycles. The molecule has 0 radical (unpaired) electrons. The molecule has 3 heterocycles. The summed E-state index contributed by atoms with van der Waals surface area (Å²) in [5.74, 6) is 3.02. The first-order chi connectivity index (χ1) is 16.4. The topological polar surface area (TPSA) is 77.1 Å². The van der Waals surface area contributed by atoms with Crippen LogP contribution in [0, 0.1) is 20.8 Å². The summed E-state index contributed by atoms with van der Waals surface area (Å²) < 4.78 is 7.73. The van der Waals surface area contributed by atoms with Crippen molar-refractivity contribution in [1.29, 1.82) is 0 Å². The van der Waals surface area contributed by atoms with Gasteiger partial charge in [-0.3, -0.25) is 14.3 Å². The van der Waals surface area contributed by atoms with Crippen molar-refractivity contribution in [2.75, 3.05) is 4.90 Å². The normalized spacial score (nSPS) is 13.4. The SMILES string of the molecule is CC(=O)N(c1nc(CSc2nnc(C3CC3)n2Cc2ccco2)cs1)c1c(C)cc(C)cc1C. The van der Waals surface area contributed by atoms with Crippen molar-refractivity contribution in [3.05, 3.63) is 69.9 Å². The molecule has 9 heteroatoms. The predicted molar refractivity (Wildman–Crippen MR) is 135 cm³/mol. The van der Waals surface area contributed by atoms with Gasteiger partial charge in [-0.2, -0.15) is 0 Å². The van der Waals surface area contributed by atoms with E-state index in [1.165, 1.54) is 16.9 Å². The number of amides is 1. The molecule has 0 N–H and O–H groups in total. The van der Waals surface area contributed by atoms with E-state index in [9.17, 15) is 4.79 Å². The zero-order valence-electron chi connectivity index (χ0n) is 19.7. The van der Waals surface area contributed by atoms with Gasteiger partial charge in [-0.1, -0.05) is 29.5 Å². The fourth-order valence-corrected chi connectivity index (χ4v) is 6.09. The van der Waals surface area contributed by atoms with Crippen LogP contribution in [0.15, 0.2) is 45.5 Å². The van der Waals surface area contributed by atoms with E-state index in [0.29, 0.717) is 23.3 Å². The van der Waals surface area contributed by atoms with Crippen LogP contribution in [-0.2, 0) is 17.1 Å². The molecular formula is C25H27N5O2S2. The van der Waals surface area contributed by atoms with Gasteiger partial charge >= 0.3 is 0 Å². The zero-order valence-corrected chi connectivity index (χ0v) is 21.4. The lowest BCUT2D eigenvalue weighted by molar-refractivity contribution is -0.115. The first-order valence-electron chi connectivity index (χ1n) is 11.3. The molecule has 4 aromatic rings. The average molecular weight is 494 g/mol. The van der Waals surface area contributed by atoms with E-state index in [1.807, 2.05) is 31.4 Å². The molecule has 0 saturated heterocycles. The molecule has 7 nitrogen and oxygen atoms in total. The molecule has 0 spiro atoms. The third-order valence-electron chi connectivity index (χ3n) is 5.84. The van der Waals surface area contributed by atoms with Crippen LogP contribution in [0.1, 0.15) is 59.7 Å². The molecule has 0 bridgehead atoms. The van der Waals surface area contributed by atoms with Gasteiger partial charge in [-0.25, -0.2) is 4.98 Å². The van der Waals surface area contributed by atoms with Crippen molar-refractivity contribution in [2.45, 2.75) is 63.9 Å². The summed E-state index contributed by atoms with van der Waals surface area (Å²) in [4.78, 5) is 19.2. The maximum atomic E-state index is 12.6. The van der Waals surface area contributed by atoms with Crippen molar-refractivity contribution in [3.63, 3.8) is 0 Å². The monoisotopic (exact) mass is 493 g/mol. The summed E-state index contributed by atoms with van der Waals surface area (Å²) in [5.41, 5.74) is 5.15. The third kappa shape index (κ3) is 4.67. The summed E-state index contributed by atoms with van der Waals surface area (Å²) in [6.07, 6.45) is 4.02. The van der Waals surface area contributed by atoms with Crippen LogP contribution < -0.4 is 4.90 Å². The lowest BCUT2D eigenvalue weighted by Gasteiger charge is -2.23. The van der Waals surface area contributed by atoms with E-state index in [-0.39, 0.29) is 5.91 Å². The van der Waals surface area contributed by atoms with E-state index in [1.54, 1.807) is 29.8 Å². The minimum atomic E-state index is -0.0455. The Bertz CT molecular complexity index is 1300. The number of thiazole rings is 1. The van der Waals surface area contributed by atoms with Crippen LogP contribution in [0.3, 0.4) is 0 Å². The molecule has 1 aliphatic rings. The highest BCUT2D eigenvalue weighted by molar-refractivity contribution is 7.98. The fourth-order valence-electron chi connectivity index (χ4n) is 4.27. The second-order valence-corrected chi connectivity index (χ2v) is 10.6. The molecule has 5 rings (SSSR count). The highest BCUT2D eigenvalue weighted by atomic mass is 32.2. The molecule has 1 amide bonds. The molecule has 0 atom stereocenters. The Labute approximate surface area is 207 Å². The number of nitrogens with zero attached hydrogens (tertiary/aromatic N) is 5. The first-order valence-corrected chi connectivity index (χ1v) is 13.2. The van der Waals surface area contributed by atoms with Crippen molar-refractivity contribution >= 4 is 39.8 Å². The van der Waals surface area contributed by atoms with Crippen LogP contribution in [0.25, 0.3) is 0 Å². The second-order valence-electron chi connectivity index (χ2n) is 8.79. The van der Waals surface area contributed by atoms with Crippen LogP contribution in [0.2, 0.25) is 0 Å². The zero-order chi connectivity index (χ0) is 23.8. The van der Waals surface area contributed by atoms with Gasteiger partial charge in [-0.15, -0.1) is 21.5 Å². The molecule has 0 unspecified atom stereocenters. The van der Waals surface area contributed by atoms with Crippen LogP contribution in [0.4, 0.5) is 10.8 Å².